The minimum Gasteiger partial charge on any atom is -0.495 e. The monoisotopic (exact) mass is 313 g/mol. The molecule has 0 bridgehead atoms. The number of halogens is 1. The first kappa shape index (κ1) is 17.6. The summed E-state index contributed by atoms with van der Waals surface area (Å²) in [4.78, 5) is 12.4. The fourth-order valence-electron chi connectivity index (χ4n) is 2.16. The first-order valence-corrected chi connectivity index (χ1v) is 7.67. The number of hydrogen-bond donors (Lipinski definition) is 1. The lowest BCUT2D eigenvalue weighted by Gasteiger charge is -2.17. The summed E-state index contributed by atoms with van der Waals surface area (Å²) >= 11 is 6.06. The average molecular weight is 314 g/mol. The summed E-state index contributed by atoms with van der Waals surface area (Å²) in [6, 6.07) is 3.33. The highest BCUT2D eigenvalue weighted by Crippen LogP contribution is 2.36. The van der Waals surface area contributed by atoms with Gasteiger partial charge in [0.05, 0.1) is 24.9 Å². The van der Waals surface area contributed by atoms with Gasteiger partial charge < -0.3 is 14.8 Å². The van der Waals surface area contributed by atoms with E-state index in [4.69, 9.17) is 21.1 Å². The SMILES string of the molecule is CCCC[C@H](CC)C(=O)Nc1cc(OC)c(Cl)cc1OC. The van der Waals surface area contributed by atoms with Crippen LogP contribution in [0.2, 0.25) is 5.02 Å². The number of benzene rings is 1. The molecule has 0 aromatic heterocycles. The number of amides is 1. The van der Waals surface area contributed by atoms with Gasteiger partial charge in [-0.05, 0) is 12.8 Å². The Kier molecular flexibility index (Phi) is 7.37. The summed E-state index contributed by atoms with van der Waals surface area (Å²) in [6.07, 6.45) is 3.85. The molecule has 0 saturated carbocycles. The molecule has 1 N–H and O–H groups in total. The number of rotatable bonds is 8. The number of anilines is 1. The van der Waals surface area contributed by atoms with Crippen LogP contribution < -0.4 is 14.8 Å². The number of methoxy groups -OCH3 is 2. The summed E-state index contributed by atoms with van der Waals surface area (Å²) in [5, 5.41) is 3.37. The van der Waals surface area contributed by atoms with Crippen molar-refractivity contribution >= 4 is 23.2 Å². The number of ether oxygens (including phenoxy) is 2. The molecule has 118 valence electrons. The quantitative estimate of drug-likeness (QED) is 0.768. The molecule has 0 heterocycles. The normalized spacial score (nSPS) is 11.9. The van der Waals surface area contributed by atoms with Crippen LogP contribution in [-0.2, 0) is 4.79 Å². The van der Waals surface area contributed by atoms with Gasteiger partial charge in [0.15, 0.2) is 0 Å². The number of nitrogens with one attached hydrogen (secondary N) is 1. The van der Waals surface area contributed by atoms with Crippen LogP contribution in [0.3, 0.4) is 0 Å². The van der Waals surface area contributed by atoms with Gasteiger partial charge in [0.25, 0.3) is 0 Å². The molecular weight excluding hydrogens is 290 g/mol. The van der Waals surface area contributed by atoms with Gasteiger partial charge in [-0.25, -0.2) is 0 Å². The molecule has 1 amide bonds. The molecule has 0 aliphatic carbocycles. The number of carbonyl (C=O) groups excluding carboxylic acids is 1. The van der Waals surface area contributed by atoms with Crippen molar-refractivity contribution in [1.29, 1.82) is 0 Å². The Bertz CT molecular complexity index is 477. The molecule has 4 nitrogen and oxygen atoms in total. The van der Waals surface area contributed by atoms with Crippen LogP contribution in [0.5, 0.6) is 11.5 Å². The van der Waals surface area contributed by atoms with Crippen LogP contribution in [0.4, 0.5) is 5.69 Å². The Hall–Kier alpha value is -1.42. The van der Waals surface area contributed by atoms with Gasteiger partial charge in [-0.15, -0.1) is 0 Å². The molecule has 21 heavy (non-hydrogen) atoms. The van der Waals surface area contributed by atoms with Crippen LogP contribution >= 0.6 is 11.6 Å². The third-order valence-corrected chi connectivity index (χ3v) is 3.80. The Morgan fingerprint density at radius 3 is 2.43 bits per heavy atom. The fourth-order valence-corrected chi connectivity index (χ4v) is 2.39. The molecule has 1 aromatic rings. The molecule has 0 unspecified atom stereocenters. The van der Waals surface area contributed by atoms with Gasteiger partial charge in [0.2, 0.25) is 5.91 Å². The summed E-state index contributed by atoms with van der Waals surface area (Å²) < 4.78 is 10.4. The highest BCUT2D eigenvalue weighted by atomic mass is 35.5. The Morgan fingerprint density at radius 1 is 1.24 bits per heavy atom. The van der Waals surface area contributed by atoms with Crippen LogP contribution in [0.15, 0.2) is 12.1 Å². The van der Waals surface area contributed by atoms with E-state index in [2.05, 4.69) is 12.2 Å². The molecule has 1 aromatic carbocycles. The number of hydrogen-bond acceptors (Lipinski definition) is 3. The van der Waals surface area contributed by atoms with E-state index in [1.54, 1.807) is 19.2 Å². The van der Waals surface area contributed by atoms with Crippen LogP contribution in [-0.4, -0.2) is 20.1 Å². The predicted octanol–water partition coefficient (Wildman–Crippen LogP) is 4.51. The smallest absolute Gasteiger partial charge is 0.227 e. The second kappa shape index (κ2) is 8.78. The average Bonchev–Trinajstić information content (AvgIpc) is 2.49. The molecule has 0 fully saturated rings. The number of unbranched alkanes of at least 4 members (excludes halogenated alkanes) is 1. The van der Waals surface area contributed by atoms with E-state index in [0.29, 0.717) is 22.2 Å². The largest absolute Gasteiger partial charge is 0.495 e. The molecule has 5 heteroatoms. The summed E-state index contributed by atoms with van der Waals surface area (Å²) in [5.41, 5.74) is 0.582. The van der Waals surface area contributed by atoms with Crippen molar-refractivity contribution in [3.05, 3.63) is 17.2 Å². The Labute approximate surface area is 131 Å². The standard InChI is InChI=1S/C16H24ClNO3/c1-5-7-8-11(6-2)16(19)18-13-10-14(20-3)12(17)9-15(13)21-4/h9-11H,5-8H2,1-4H3,(H,18,19)/t11-/m0/s1. The topological polar surface area (TPSA) is 47.6 Å². The van der Waals surface area contributed by atoms with E-state index in [-0.39, 0.29) is 11.8 Å². The first-order valence-electron chi connectivity index (χ1n) is 7.29. The van der Waals surface area contributed by atoms with Crippen LogP contribution in [0.1, 0.15) is 39.5 Å². The highest BCUT2D eigenvalue weighted by Gasteiger charge is 2.18. The first-order chi connectivity index (χ1) is 10.1. The lowest BCUT2D eigenvalue weighted by molar-refractivity contribution is -0.120. The van der Waals surface area contributed by atoms with E-state index >= 15 is 0 Å². The zero-order valence-corrected chi connectivity index (χ0v) is 13.9. The lowest BCUT2D eigenvalue weighted by Crippen LogP contribution is -2.22. The summed E-state index contributed by atoms with van der Waals surface area (Å²) in [5.74, 6) is 1.05. The maximum atomic E-state index is 12.4. The van der Waals surface area contributed by atoms with E-state index in [1.807, 2.05) is 6.92 Å². The summed E-state index contributed by atoms with van der Waals surface area (Å²) in [7, 11) is 3.08. The van der Waals surface area contributed by atoms with Gasteiger partial charge in [0, 0.05) is 18.1 Å². The van der Waals surface area contributed by atoms with E-state index in [0.717, 1.165) is 25.7 Å². The maximum Gasteiger partial charge on any atom is 0.227 e. The number of carbonyl (C=O) groups is 1. The Morgan fingerprint density at radius 2 is 1.90 bits per heavy atom. The minimum absolute atomic E-state index is 0.00799. The predicted molar refractivity (Wildman–Crippen MR) is 86.5 cm³/mol. The fraction of sp³-hybridized carbons (Fsp3) is 0.562. The lowest BCUT2D eigenvalue weighted by atomic mass is 9.98. The van der Waals surface area contributed by atoms with Gasteiger partial charge >= 0.3 is 0 Å². The third kappa shape index (κ3) is 4.81. The second-order valence-corrected chi connectivity index (χ2v) is 5.33. The van der Waals surface area contributed by atoms with Crippen molar-refractivity contribution in [2.75, 3.05) is 19.5 Å². The van der Waals surface area contributed by atoms with E-state index < -0.39 is 0 Å². The van der Waals surface area contributed by atoms with Crippen molar-refractivity contribution in [1.82, 2.24) is 0 Å². The van der Waals surface area contributed by atoms with Gasteiger partial charge in [0.1, 0.15) is 11.5 Å². The molecular formula is C16H24ClNO3. The van der Waals surface area contributed by atoms with Gasteiger partial charge in [-0.1, -0.05) is 38.3 Å². The zero-order chi connectivity index (χ0) is 15.8. The van der Waals surface area contributed by atoms with Crippen molar-refractivity contribution in [2.24, 2.45) is 5.92 Å². The zero-order valence-electron chi connectivity index (χ0n) is 13.2. The minimum atomic E-state index is 0.00799. The van der Waals surface area contributed by atoms with E-state index in [9.17, 15) is 4.79 Å². The highest BCUT2D eigenvalue weighted by molar-refractivity contribution is 6.32. The molecule has 0 radical (unpaired) electrons. The molecule has 0 aliphatic heterocycles. The molecule has 0 aliphatic rings. The van der Waals surface area contributed by atoms with Crippen LogP contribution in [0, 0.1) is 5.92 Å². The van der Waals surface area contributed by atoms with Gasteiger partial charge in [-0.3, -0.25) is 4.79 Å². The van der Waals surface area contributed by atoms with Crippen molar-refractivity contribution < 1.29 is 14.3 Å². The molecule has 1 atom stereocenters. The Balaban J connectivity index is 2.92. The third-order valence-electron chi connectivity index (χ3n) is 3.50. The van der Waals surface area contributed by atoms with Gasteiger partial charge in [-0.2, -0.15) is 0 Å². The molecule has 0 spiro atoms. The van der Waals surface area contributed by atoms with Crippen molar-refractivity contribution in [2.45, 2.75) is 39.5 Å². The maximum absolute atomic E-state index is 12.4. The van der Waals surface area contributed by atoms with E-state index in [1.165, 1.54) is 7.11 Å². The molecule has 0 saturated heterocycles. The molecule has 1 rings (SSSR count). The summed E-state index contributed by atoms with van der Waals surface area (Å²) in [6.45, 7) is 4.15. The second-order valence-electron chi connectivity index (χ2n) is 4.92. The van der Waals surface area contributed by atoms with Crippen LogP contribution in [0.25, 0.3) is 0 Å². The van der Waals surface area contributed by atoms with Crippen molar-refractivity contribution in [3.8, 4) is 11.5 Å². The van der Waals surface area contributed by atoms with Crippen molar-refractivity contribution in [3.63, 3.8) is 0 Å².